The number of rotatable bonds is 0. The van der Waals surface area contributed by atoms with Crippen LogP contribution in [0.1, 0.15) is 11.4 Å². The van der Waals surface area contributed by atoms with Crippen LogP contribution in [0.2, 0.25) is 0 Å². The maximum atomic E-state index is 10.8. The molecule has 2 N–H and O–H groups in total. The highest BCUT2D eigenvalue weighted by atomic mass is 16.5. The second-order valence-electron chi connectivity index (χ2n) is 2.19. The maximum Gasteiger partial charge on any atom is 0.390 e. The standard InChI is InChI=1S/C6H9N3O/c1-4-3-5(2)9(10)6(7)8-4/h3H,1-2H3,(H2,7,8). The summed E-state index contributed by atoms with van der Waals surface area (Å²) in [5.74, 6) is 0.0116. The van der Waals surface area contributed by atoms with Crippen LogP contribution in [0.5, 0.6) is 0 Å². The Balaban J connectivity index is 3.31. The molecule has 54 valence electrons. The number of hydrogen-bond acceptors (Lipinski definition) is 3. The summed E-state index contributed by atoms with van der Waals surface area (Å²) in [6, 6.07) is 1.68. The van der Waals surface area contributed by atoms with Gasteiger partial charge in [-0.15, -0.1) is 0 Å². The summed E-state index contributed by atoms with van der Waals surface area (Å²) in [4.78, 5) is 3.76. The first-order chi connectivity index (χ1) is 4.61. The molecule has 0 amide bonds. The summed E-state index contributed by atoms with van der Waals surface area (Å²) < 4.78 is 0.604. The van der Waals surface area contributed by atoms with E-state index in [1.54, 1.807) is 19.9 Å². The molecule has 1 aromatic heterocycles. The fourth-order valence-corrected chi connectivity index (χ4v) is 0.800. The fourth-order valence-electron chi connectivity index (χ4n) is 0.800. The largest absolute Gasteiger partial charge is 0.740 e. The first kappa shape index (κ1) is 6.80. The Bertz CT molecular complexity index is 236. The monoisotopic (exact) mass is 139 g/mol. The molecule has 0 aliphatic heterocycles. The average Bonchev–Trinajstić information content (AvgIpc) is 1.82. The lowest BCUT2D eigenvalue weighted by molar-refractivity contribution is -0.599. The summed E-state index contributed by atoms with van der Waals surface area (Å²) >= 11 is 0. The lowest BCUT2D eigenvalue weighted by atomic mass is 10.4. The fraction of sp³-hybridized carbons (Fsp3) is 0.333. The van der Waals surface area contributed by atoms with Crippen LogP contribution in [-0.2, 0) is 0 Å². The molecule has 1 rings (SSSR count). The van der Waals surface area contributed by atoms with Crippen LogP contribution in [-0.4, -0.2) is 4.98 Å². The van der Waals surface area contributed by atoms with Crippen LogP contribution in [0.3, 0.4) is 0 Å². The summed E-state index contributed by atoms with van der Waals surface area (Å²) in [6.45, 7) is 3.49. The predicted molar refractivity (Wildman–Crippen MR) is 37.1 cm³/mol. The van der Waals surface area contributed by atoms with E-state index in [9.17, 15) is 5.21 Å². The molecule has 0 radical (unpaired) electrons. The molecule has 1 heterocycles. The molecule has 0 bridgehead atoms. The second kappa shape index (κ2) is 2.13. The van der Waals surface area contributed by atoms with E-state index < -0.39 is 0 Å². The Morgan fingerprint density at radius 3 is 2.70 bits per heavy atom. The zero-order chi connectivity index (χ0) is 7.72. The van der Waals surface area contributed by atoms with Gasteiger partial charge in [0, 0.05) is 6.07 Å². The van der Waals surface area contributed by atoms with Crippen LogP contribution in [0.4, 0.5) is 5.95 Å². The topological polar surface area (TPSA) is 65.8 Å². The minimum atomic E-state index is 0.0116. The predicted octanol–water partition coefficient (Wildman–Crippen LogP) is -0.0860. The molecule has 0 atom stereocenters. The van der Waals surface area contributed by atoms with Crippen molar-refractivity contribution in [2.45, 2.75) is 13.8 Å². The third kappa shape index (κ3) is 1.00. The van der Waals surface area contributed by atoms with Crippen molar-refractivity contribution in [1.82, 2.24) is 4.98 Å². The SMILES string of the molecule is Cc1cc(C)[n+]([O-])c(N)n1. The van der Waals surface area contributed by atoms with Gasteiger partial charge in [-0.25, -0.2) is 4.73 Å². The van der Waals surface area contributed by atoms with E-state index >= 15 is 0 Å². The Hall–Kier alpha value is -1.32. The summed E-state index contributed by atoms with van der Waals surface area (Å²) in [6.07, 6.45) is 0. The molecule has 0 aliphatic rings. The van der Waals surface area contributed by atoms with E-state index in [0.29, 0.717) is 10.4 Å². The highest BCUT2D eigenvalue weighted by molar-refractivity contribution is 5.13. The van der Waals surface area contributed by atoms with Crippen LogP contribution in [0.25, 0.3) is 0 Å². The molecular weight excluding hydrogens is 130 g/mol. The lowest BCUT2D eigenvalue weighted by Gasteiger charge is -2.07. The molecule has 0 aromatic carbocycles. The number of nitrogens with zero attached hydrogens (tertiary/aromatic N) is 2. The smallest absolute Gasteiger partial charge is 0.390 e. The first-order valence-corrected chi connectivity index (χ1v) is 2.94. The number of hydrogen-bond donors (Lipinski definition) is 1. The van der Waals surface area contributed by atoms with Crippen molar-refractivity contribution >= 4 is 5.95 Å². The van der Waals surface area contributed by atoms with Gasteiger partial charge in [0.15, 0.2) is 0 Å². The summed E-state index contributed by atoms with van der Waals surface area (Å²) in [7, 11) is 0. The minimum absolute atomic E-state index is 0.0116. The summed E-state index contributed by atoms with van der Waals surface area (Å²) in [5, 5.41) is 10.8. The Morgan fingerprint density at radius 1 is 1.60 bits per heavy atom. The van der Waals surface area contributed by atoms with Gasteiger partial charge in [-0.05, 0) is 13.8 Å². The van der Waals surface area contributed by atoms with Gasteiger partial charge in [-0.1, -0.05) is 4.98 Å². The third-order valence-electron chi connectivity index (χ3n) is 1.24. The molecular formula is C6H9N3O. The molecule has 1 aromatic rings. The Kier molecular flexibility index (Phi) is 1.45. The van der Waals surface area contributed by atoms with Crippen LogP contribution < -0.4 is 10.5 Å². The molecule has 0 unspecified atom stereocenters. The zero-order valence-corrected chi connectivity index (χ0v) is 5.96. The van der Waals surface area contributed by atoms with Crippen molar-refractivity contribution in [3.8, 4) is 0 Å². The van der Waals surface area contributed by atoms with Crippen LogP contribution >= 0.6 is 0 Å². The summed E-state index contributed by atoms with van der Waals surface area (Å²) in [5.41, 5.74) is 6.60. The van der Waals surface area contributed by atoms with E-state index in [-0.39, 0.29) is 5.95 Å². The first-order valence-electron chi connectivity index (χ1n) is 2.94. The number of anilines is 1. The maximum absolute atomic E-state index is 10.8. The van der Waals surface area contributed by atoms with Gasteiger partial charge in [-0.3, -0.25) is 5.73 Å². The zero-order valence-electron chi connectivity index (χ0n) is 5.96. The van der Waals surface area contributed by atoms with Crippen molar-refractivity contribution in [2.75, 3.05) is 5.73 Å². The molecule has 0 saturated heterocycles. The normalized spacial score (nSPS) is 9.80. The van der Waals surface area contributed by atoms with Crippen LogP contribution in [0, 0.1) is 19.1 Å². The van der Waals surface area contributed by atoms with Crippen molar-refractivity contribution in [3.63, 3.8) is 0 Å². The van der Waals surface area contributed by atoms with Gasteiger partial charge < -0.3 is 5.21 Å². The minimum Gasteiger partial charge on any atom is -0.740 e. The van der Waals surface area contributed by atoms with Crippen molar-refractivity contribution in [3.05, 3.63) is 22.7 Å². The number of nitrogens with two attached hydrogens (primary N) is 1. The molecule has 0 aliphatic carbocycles. The van der Waals surface area contributed by atoms with Crippen molar-refractivity contribution in [2.24, 2.45) is 0 Å². The highest BCUT2D eigenvalue weighted by Crippen LogP contribution is 1.96. The van der Waals surface area contributed by atoms with E-state index in [1.165, 1.54) is 0 Å². The second-order valence-corrected chi connectivity index (χ2v) is 2.19. The molecule has 4 nitrogen and oxygen atoms in total. The number of aromatic nitrogens is 2. The molecule has 4 heteroatoms. The molecule has 10 heavy (non-hydrogen) atoms. The van der Waals surface area contributed by atoms with Crippen LogP contribution in [0.15, 0.2) is 6.07 Å². The highest BCUT2D eigenvalue weighted by Gasteiger charge is 2.02. The van der Waals surface area contributed by atoms with E-state index in [4.69, 9.17) is 5.73 Å². The van der Waals surface area contributed by atoms with Gasteiger partial charge in [0.1, 0.15) is 5.69 Å². The van der Waals surface area contributed by atoms with Gasteiger partial charge in [-0.2, -0.15) is 0 Å². The average molecular weight is 139 g/mol. The van der Waals surface area contributed by atoms with E-state index in [1.807, 2.05) is 0 Å². The quantitative estimate of drug-likeness (QED) is 0.403. The van der Waals surface area contributed by atoms with Crippen molar-refractivity contribution < 1.29 is 4.73 Å². The number of aryl methyl sites for hydroxylation is 2. The van der Waals surface area contributed by atoms with Gasteiger partial charge in [0.05, 0.1) is 5.69 Å². The van der Waals surface area contributed by atoms with Crippen molar-refractivity contribution in [1.29, 1.82) is 0 Å². The van der Waals surface area contributed by atoms with Gasteiger partial charge in [0.2, 0.25) is 0 Å². The van der Waals surface area contributed by atoms with E-state index in [2.05, 4.69) is 4.98 Å². The molecule has 0 spiro atoms. The van der Waals surface area contributed by atoms with E-state index in [0.717, 1.165) is 5.69 Å². The van der Waals surface area contributed by atoms with Gasteiger partial charge in [0.25, 0.3) is 0 Å². The molecule has 0 saturated carbocycles. The Morgan fingerprint density at radius 2 is 2.20 bits per heavy atom. The van der Waals surface area contributed by atoms with Gasteiger partial charge >= 0.3 is 5.95 Å². The Labute approximate surface area is 58.9 Å². The number of nitrogen functional groups attached to an aromatic ring is 1. The third-order valence-corrected chi connectivity index (χ3v) is 1.24. The molecule has 0 fully saturated rings. The lowest BCUT2D eigenvalue weighted by Crippen LogP contribution is -2.35.